The maximum Gasteiger partial charge on any atom is 0.257 e. The second-order valence-electron chi connectivity index (χ2n) is 10.6. The predicted molar refractivity (Wildman–Crippen MR) is 166 cm³/mol. The van der Waals surface area contributed by atoms with Crippen molar-refractivity contribution in [1.29, 1.82) is 0 Å². The Bertz CT molecular complexity index is 1390. The lowest BCUT2D eigenvalue weighted by Crippen LogP contribution is -2.50. The molecule has 1 atom stereocenters. The van der Waals surface area contributed by atoms with E-state index in [0.29, 0.717) is 54.2 Å². The molecule has 2 aliphatic heterocycles. The van der Waals surface area contributed by atoms with Crippen LogP contribution in [0.25, 0.3) is 0 Å². The quantitative estimate of drug-likeness (QED) is 0.337. The number of aromatic nitrogens is 1. The topological polar surface area (TPSA) is 95.1 Å². The second kappa shape index (κ2) is 14.3. The van der Waals surface area contributed by atoms with E-state index in [1.807, 2.05) is 53.4 Å². The molecule has 11 heteroatoms. The normalized spacial score (nSPS) is 17.4. The van der Waals surface area contributed by atoms with Crippen molar-refractivity contribution in [3.63, 3.8) is 0 Å². The minimum absolute atomic E-state index is 0.00722. The molecule has 1 unspecified atom stereocenters. The van der Waals surface area contributed by atoms with Gasteiger partial charge in [-0.2, -0.15) is 0 Å². The van der Waals surface area contributed by atoms with Gasteiger partial charge in [0, 0.05) is 69.7 Å². The number of carbonyl (C=O) groups excluding carboxylic acids is 3. The summed E-state index contributed by atoms with van der Waals surface area (Å²) in [6, 6.07) is 15.9. The summed E-state index contributed by atoms with van der Waals surface area (Å²) in [5.74, 6) is 0.540. The average molecular weight is 608 g/mol. The van der Waals surface area contributed by atoms with Gasteiger partial charge in [-0.05, 0) is 54.8 Å². The molecule has 9 nitrogen and oxygen atoms in total. The number of thiazole rings is 1. The molecule has 3 aromatic rings. The molecule has 222 valence electrons. The highest BCUT2D eigenvalue weighted by Crippen LogP contribution is 2.31. The van der Waals surface area contributed by atoms with Crippen LogP contribution in [0.5, 0.6) is 0 Å². The fraction of sp³-hybridized carbons (Fsp3) is 0.419. The van der Waals surface area contributed by atoms with E-state index < -0.39 is 0 Å². The molecular formula is C31H37N5O4S2. The fourth-order valence-electron chi connectivity index (χ4n) is 5.39. The van der Waals surface area contributed by atoms with Gasteiger partial charge in [-0.15, -0.1) is 11.8 Å². The van der Waals surface area contributed by atoms with Crippen molar-refractivity contribution in [2.45, 2.75) is 42.3 Å². The van der Waals surface area contributed by atoms with Crippen molar-refractivity contribution >= 4 is 46.0 Å². The van der Waals surface area contributed by atoms with Crippen LogP contribution in [0.1, 0.15) is 51.6 Å². The number of ether oxygens (including phenoxy) is 1. The van der Waals surface area contributed by atoms with Gasteiger partial charge in [-0.1, -0.05) is 35.6 Å². The molecule has 1 N–H and O–H groups in total. The van der Waals surface area contributed by atoms with Crippen molar-refractivity contribution in [3.05, 3.63) is 77.0 Å². The third kappa shape index (κ3) is 7.77. The monoisotopic (exact) mass is 607 g/mol. The number of nitrogens with one attached hydrogen (secondary N) is 1. The Hall–Kier alpha value is -3.25. The summed E-state index contributed by atoms with van der Waals surface area (Å²) in [5, 5.41) is 3.47. The van der Waals surface area contributed by atoms with E-state index in [9.17, 15) is 14.4 Å². The largest absolute Gasteiger partial charge is 0.383 e. The van der Waals surface area contributed by atoms with Crippen molar-refractivity contribution in [2.24, 2.45) is 0 Å². The zero-order valence-corrected chi connectivity index (χ0v) is 25.7. The van der Waals surface area contributed by atoms with Gasteiger partial charge in [0.1, 0.15) is 0 Å². The third-order valence-corrected chi connectivity index (χ3v) is 9.91. The van der Waals surface area contributed by atoms with Gasteiger partial charge in [-0.3, -0.25) is 24.6 Å². The first-order valence-electron chi connectivity index (χ1n) is 14.2. The summed E-state index contributed by atoms with van der Waals surface area (Å²) in [5.41, 5.74) is 3.48. The van der Waals surface area contributed by atoms with E-state index in [-0.39, 0.29) is 17.7 Å². The van der Waals surface area contributed by atoms with Crippen LogP contribution in [0, 0.1) is 0 Å². The minimum Gasteiger partial charge on any atom is -0.383 e. The van der Waals surface area contributed by atoms with Gasteiger partial charge in [0.2, 0.25) is 5.91 Å². The SMILES string of the molecule is COCC1CCCN1Cc1ccc(C(=O)Nc2ncc(SCc3cccc(C(=O)N4CCN(C(C)=O)CC4)c3)s2)cc1. The number of hydrogen-bond acceptors (Lipinski definition) is 8. The number of hydrogen-bond donors (Lipinski definition) is 1. The number of likely N-dealkylation sites (tertiary alicyclic amines) is 1. The van der Waals surface area contributed by atoms with E-state index >= 15 is 0 Å². The van der Waals surface area contributed by atoms with Crippen LogP contribution < -0.4 is 5.32 Å². The molecule has 0 bridgehead atoms. The number of amides is 3. The Morgan fingerprint density at radius 2 is 1.76 bits per heavy atom. The van der Waals surface area contributed by atoms with Crippen LogP contribution in [0.4, 0.5) is 5.13 Å². The summed E-state index contributed by atoms with van der Waals surface area (Å²) in [6.45, 7) is 6.48. The number of anilines is 1. The molecule has 0 spiro atoms. The second-order valence-corrected chi connectivity index (χ2v) is 13.0. The summed E-state index contributed by atoms with van der Waals surface area (Å²) in [6.07, 6.45) is 4.12. The Labute approximate surface area is 255 Å². The predicted octanol–water partition coefficient (Wildman–Crippen LogP) is 4.60. The first-order chi connectivity index (χ1) is 20.4. The summed E-state index contributed by atoms with van der Waals surface area (Å²) >= 11 is 3.05. The highest BCUT2D eigenvalue weighted by molar-refractivity contribution is 8.00. The maximum absolute atomic E-state index is 13.0. The molecule has 2 aliphatic rings. The van der Waals surface area contributed by atoms with Crippen LogP contribution in [-0.2, 0) is 21.8 Å². The number of nitrogens with zero attached hydrogens (tertiary/aromatic N) is 4. The average Bonchev–Trinajstić information content (AvgIpc) is 3.65. The molecule has 42 heavy (non-hydrogen) atoms. The maximum atomic E-state index is 13.0. The van der Waals surface area contributed by atoms with E-state index in [4.69, 9.17) is 4.74 Å². The summed E-state index contributed by atoms with van der Waals surface area (Å²) in [4.78, 5) is 47.9. The molecule has 0 aliphatic carbocycles. The van der Waals surface area contributed by atoms with Gasteiger partial charge in [-0.25, -0.2) is 4.98 Å². The van der Waals surface area contributed by atoms with Crippen molar-refractivity contribution < 1.29 is 19.1 Å². The molecule has 2 aromatic carbocycles. The molecular weight excluding hydrogens is 571 g/mol. The van der Waals surface area contributed by atoms with Gasteiger partial charge < -0.3 is 14.5 Å². The molecule has 0 saturated carbocycles. The molecule has 1 aromatic heterocycles. The Morgan fingerprint density at radius 1 is 1.00 bits per heavy atom. The van der Waals surface area contributed by atoms with Crippen molar-refractivity contribution in [1.82, 2.24) is 19.7 Å². The first-order valence-corrected chi connectivity index (χ1v) is 16.1. The van der Waals surface area contributed by atoms with Gasteiger partial charge >= 0.3 is 0 Å². The Kier molecular flexibility index (Phi) is 10.3. The molecule has 2 saturated heterocycles. The molecule has 2 fully saturated rings. The number of rotatable bonds is 10. The van der Waals surface area contributed by atoms with E-state index in [1.54, 1.807) is 36.9 Å². The van der Waals surface area contributed by atoms with Gasteiger partial charge in [0.25, 0.3) is 11.8 Å². The van der Waals surface area contributed by atoms with Gasteiger partial charge in [0.15, 0.2) is 5.13 Å². The van der Waals surface area contributed by atoms with Crippen molar-refractivity contribution in [2.75, 3.05) is 51.8 Å². The summed E-state index contributed by atoms with van der Waals surface area (Å²) in [7, 11) is 1.75. The first kappa shape index (κ1) is 30.2. The molecule has 0 radical (unpaired) electrons. The lowest BCUT2D eigenvalue weighted by molar-refractivity contribution is -0.130. The number of benzene rings is 2. The molecule has 3 heterocycles. The zero-order chi connectivity index (χ0) is 29.5. The lowest BCUT2D eigenvalue weighted by Gasteiger charge is -2.34. The van der Waals surface area contributed by atoms with Crippen LogP contribution in [0.15, 0.2) is 58.9 Å². The van der Waals surface area contributed by atoms with Crippen LogP contribution in [-0.4, -0.2) is 89.9 Å². The standard InChI is InChI=1S/C31H37N5O4S2/c1-22(37)34-13-15-35(16-14-34)30(39)26-6-3-5-24(17-26)21-41-28-18-32-31(42-28)33-29(38)25-10-8-23(9-11-25)19-36-12-4-7-27(36)20-40-2/h3,5-6,8-11,17-18,27H,4,7,12-16,19-21H2,1-2H3,(H,32,33,38). The van der Waals surface area contributed by atoms with Crippen LogP contribution in [0.3, 0.4) is 0 Å². The smallest absolute Gasteiger partial charge is 0.257 e. The number of methoxy groups -OCH3 is 1. The lowest BCUT2D eigenvalue weighted by atomic mass is 10.1. The number of thioether (sulfide) groups is 1. The van der Waals surface area contributed by atoms with E-state index in [1.165, 1.54) is 23.3 Å². The molecule has 5 rings (SSSR count). The van der Waals surface area contributed by atoms with Crippen molar-refractivity contribution in [3.8, 4) is 0 Å². The zero-order valence-electron chi connectivity index (χ0n) is 24.1. The Morgan fingerprint density at radius 3 is 2.50 bits per heavy atom. The number of carbonyl (C=O) groups is 3. The van der Waals surface area contributed by atoms with Crippen LogP contribution >= 0.6 is 23.1 Å². The minimum atomic E-state index is -0.179. The Balaban J connectivity index is 1.10. The van der Waals surface area contributed by atoms with E-state index in [2.05, 4.69) is 15.2 Å². The fourth-order valence-corrected chi connectivity index (χ4v) is 7.20. The molecule has 3 amide bonds. The van der Waals surface area contributed by atoms with Gasteiger partial charge in [0.05, 0.1) is 17.0 Å². The van der Waals surface area contributed by atoms with Crippen LogP contribution in [0.2, 0.25) is 0 Å². The number of piperazine rings is 1. The third-order valence-electron chi connectivity index (χ3n) is 7.73. The van der Waals surface area contributed by atoms with E-state index in [0.717, 1.165) is 35.9 Å². The highest BCUT2D eigenvalue weighted by Gasteiger charge is 2.25. The highest BCUT2D eigenvalue weighted by atomic mass is 32.2. The summed E-state index contributed by atoms with van der Waals surface area (Å²) < 4.78 is 6.34.